The van der Waals surface area contributed by atoms with Gasteiger partial charge in [-0.1, -0.05) is 15.9 Å². The molecule has 0 bridgehead atoms. The third kappa shape index (κ3) is 4.35. The number of nitrogens with one attached hydrogen (secondary N) is 1. The maximum atomic E-state index is 12.5. The number of hydrogen-bond donors (Lipinski definition) is 1. The van der Waals surface area contributed by atoms with Gasteiger partial charge in [0, 0.05) is 9.35 Å². The number of esters is 1. The van der Waals surface area contributed by atoms with Gasteiger partial charge in [0.1, 0.15) is 10.8 Å². The molecule has 1 aromatic carbocycles. The standard InChI is InChI=1S/C20H22BrNO4S/c1-11-8-13(21)9-12(2)18(11)26-10-16(23)22-19-17(20(24)25-3)14-6-4-5-7-15(14)27-19/h8-9H,4-7,10H2,1-3H3,(H,22,23). The van der Waals surface area contributed by atoms with Crippen LogP contribution >= 0.6 is 27.3 Å². The number of anilines is 1. The number of ether oxygens (including phenoxy) is 2. The molecule has 1 aliphatic rings. The molecular formula is C20H22BrNO4S. The van der Waals surface area contributed by atoms with Gasteiger partial charge in [-0.25, -0.2) is 4.79 Å². The van der Waals surface area contributed by atoms with Gasteiger partial charge < -0.3 is 14.8 Å². The minimum Gasteiger partial charge on any atom is -0.483 e. The predicted molar refractivity (Wildman–Crippen MR) is 110 cm³/mol. The molecule has 7 heteroatoms. The number of methoxy groups -OCH3 is 1. The van der Waals surface area contributed by atoms with Crippen molar-refractivity contribution in [3.63, 3.8) is 0 Å². The summed E-state index contributed by atoms with van der Waals surface area (Å²) in [6.07, 6.45) is 3.94. The molecule has 1 aromatic heterocycles. The van der Waals surface area contributed by atoms with Crippen molar-refractivity contribution in [1.29, 1.82) is 0 Å². The zero-order valence-corrected chi connectivity index (χ0v) is 18.0. The van der Waals surface area contributed by atoms with Crippen molar-refractivity contribution in [2.75, 3.05) is 19.0 Å². The summed E-state index contributed by atoms with van der Waals surface area (Å²) >= 11 is 4.92. The van der Waals surface area contributed by atoms with Crippen molar-refractivity contribution >= 4 is 44.1 Å². The van der Waals surface area contributed by atoms with Gasteiger partial charge >= 0.3 is 5.97 Å². The highest BCUT2D eigenvalue weighted by Crippen LogP contribution is 2.38. The van der Waals surface area contributed by atoms with Gasteiger partial charge in [0.15, 0.2) is 6.61 Å². The van der Waals surface area contributed by atoms with Crippen LogP contribution in [0.3, 0.4) is 0 Å². The third-order valence-electron chi connectivity index (χ3n) is 4.59. The minimum absolute atomic E-state index is 0.119. The van der Waals surface area contributed by atoms with E-state index >= 15 is 0 Å². The van der Waals surface area contributed by atoms with Crippen molar-refractivity contribution < 1.29 is 19.1 Å². The van der Waals surface area contributed by atoms with Gasteiger partial charge in [-0.05, 0) is 68.4 Å². The zero-order chi connectivity index (χ0) is 19.6. The Morgan fingerprint density at radius 1 is 1.19 bits per heavy atom. The predicted octanol–water partition coefficient (Wildman–Crippen LogP) is 4.81. The number of thiophene rings is 1. The van der Waals surface area contributed by atoms with E-state index in [2.05, 4.69) is 21.2 Å². The van der Waals surface area contributed by atoms with Crippen LogP contribution < -0.4 is 10.1 Å². The molecule has 1 aliphatic carbocycles. The number of hydrogen-bond acceptors (Lipinski definition) is 5. The van der Waals surface area contributed by atoms with Crippen LogP contribution in [0.1, 0.15) is 44.8 Å². The second kappa shape index (κ2) is 8.44. The fourth-order valence-electron chi connectivity index (χ4n) is 3.40. The largest absolute Gasteiger partial charge is 0.483 e. The van der Waals surface area contributed by atoms with Crippen LogP contribution in [0.15, 0.2) is 16.6 Å². The van der Waals surface area contributed by atoms with Crippen LogP contribution in [-0.4, -0.2) is 25.6 Å². The molecule has 144 valence electrons. The molecule has 0 atom stereocenters. The van der Waals surface area contributed by atoms with Gasteiger partial charge in [0.05, 0.1) is 12.7 Å². The number of rotatable bonds is 5. The smallest absolute Gasteiger partial charge is 0.341 e. The summed E-state index contributed by atoms with van der Waals surface area (Å²) in [5.41, 5.74) is 3.43. The Balaban J connectivity index is 1.75. The lowest BCUT2D eigenvalue weighted by Gasteiger charge is -2.13. The molecule has 0 spiro atoms. The monoisotopic (exact) mass is 451 g/mol. The van der Waals surface area contributed by atoms with Crippen molar-refractivity contribution in [2.24, 2.45) is 0 Å². The number of carbonyl (C=O) groups excluding carboxylic acids is 2. The minimum atomic E-state index is -0.398. The van der Waals surface area contributed by atoms with Crippen LogP contribution in [0.5, 0.6) is 5.75 Å². The Bertz CT molecular complexity index is 867. The summed E-state index contributed by atoms with van der Waals surface area (Å²) < 4.78 is 11.6. The number of carbonyl (C=O) groups is 2. The Morgan fingerprint density at radius 3 is 2.52 bits per heavy atom. The summed E-state index contributed by atoms with van der Waals surface area (Å²) in [5, 5.41) is 3.41. The van der Waals surface area contributed by atoms with Gasteiger partial charge in [0.25, 0.3) is 5.91 Å². The lowest BCUT2D eigenvalue weighted by Crippen LogP contribution is -2.21. The third-order valence-corrected chi connectivity index (χ3v) is 6.25. The fourth-order valence-corrected chi connectivity index (χ4v) is 5.38. The first-order valence-electron chi connectivity index (χ1n) is 8.83. The molecule has 5 nitrogen and oxygen atoms in total. The number of aryl methyl sites for hydroxylation is 3. The molecule has 2 aromatic rings. The molecule has 3 rings (SSSR count). The molecule has 0 radical (unpaired) electrons. The molecule has 1 amide bonds. The lowest BCUT2D eigenvalue weighted by atomic mass is 9.95. The quantitative estimate of drug-likeness (QED) is 0.662. The van der Waals surface area contributed by atoms with Gasteiger partial charge in [-0.2, -0.15) is 0 Å². The molecular weight excluding hydrogens is 430 g/mol. The van der Waals surface area contributed by atoms with E-state index in [0.717, 1.165) is 51.7 Å². The van der Waals surface area contributed by atoms with E-state index in [0.29, 0.717) is 16.3 Å². The van der Waals surface area contributed by atoms with Gasteiger partial charge in [-0.15, -0.1) is 11.3 Å². The Morgan fingerprint density at radius 2 is 1.85 bits per heavy atom. The Labute approximate surface area is 171 Å². The van der Waals surface area contributed by atoms with Crippen LogP contribution in [-0.2, 0) is 22.4 Å². The van der Waals surface area contributed by atoms with E-state index in [1.54, 1.807) is 0 Å². The van der Waals surface area contributed by atoms with Crippen LogP contribution in [0.2, 0.25) is 0 Å². The van der Waals surface area contributed by atoms with Crippen LogP contribution in [0, 0.1) is 13.8 Å². The molecule has 0 fully saturated rings. The molecule has 0 aliphatic heterocycles. The van der Waals surface area contributed by atoms with E-state index in [1.165, 1.54) is 18.4 Å². The molecule has 1 heterocycles. The normalized spacial score (nSPS) is 13.0. The van der Waals surface area contributed by atoms with Crippen molar-refractivity contribution in [3.8, 4) is 5.75 Å². The summed E-state index contributed by atoms with van der Waals surface area (Å²) in [7, 11) is 1.36. The first kappa shape index (κ1) is 19.9. The summed E-state index contributed by atoms with van der Waals surface area (Å²) in [6, 6.07) is 3.89. The highest BCUT2D eigenvalue weighted by atomic mass is 79.9. The number of benzene rings is 1. The first-order chi connectivity index (χ1) is 12.9. The second-order valence-corrected chi connectivity index (χ2v) is 8.63. The topological polar surface area (TPSA) is 64.6 Å². The molecule has 0 unspecified atom stereocenters. The summed E-state index contributed by atoms with van der Waals surface area (Å²) in [4.78, 5) is 25.9. The average molecular weight is 452 g/mol. The SMILES string of the molecule is COC(=O)c1c(NC(=O)COc2c(C)cc(Br)cc2C)sc2c1CCCC2. The lowest BCUT2D eigenvalue weighted by molar-refractivity contribution is -0.118. The van der Waals surface area contributed by atoms with E-state index < -0.39 is 5.97 Å². The second-order valence-electron chi connectivity index (χ2n) is 6.61. The summed E-state index contributed by atoms with van der Waals surface area (Å²) in [5.74, 6) is 0.0118. The van der Waals surface area contributed by atoms with E-state index in [4.69, 9.17) is 9.47 Å². The molecule has 0 saturated carbocycles. The van der Waals surface area contributed by atoms with Crippen molar-refractivity contribution in [2.45, 2.75) is 39.5 Å². The van der Waals surface area contributed by atoms with Crippen LogP contribution in [0.25, 0.3) is 0 Å². The van der Waals surface area contributed by atoms with E-state index in [-0.39, 0.29) is 12.5 Å². The zero-order valence-electron chi connectivity index (χ0n) is 15.6. The average Bonchev–Trinajstić information content (AvgIpc) is 2.97. The van der Waals surface area contributed by atoms with Crippen LogP contribution in [0.4, 0.5) is 5.00 Å². The Hall–Kier alpha value is -1.86. The highest BCUT2D eigenvalue weighted by Gasteiger charge is 2.27. The Kier molecular flexibility index (Phi) is 6.22. The fraction of sp³-hybridized carbons (Fsp3) is 0.400. The first-order valence-corrected chi connectivity index (χ1v) is 10.4. The van der Waals surface area contributed by atoms with E-state index in [1.807, 2.05) is 26.0 Å². The van der Waals surface area contributed by atoms with Crippen molar-refractivity contribution in [3.05, 3.63) is 43.7 Å². The molecule has 1 N–H and O–H groups in total. The maximum absolute atomic E-state index is 12.5. The number of amides is 1. The van der Waals surface area contributed by atoms with Gasteiger partial charge in [0.2, 0.25) is 0 Å². The van der Waals surface area contributed by atoms with Gasteiger partial charge in [-0.3, -0.25) is 4.79 Å². The number of fused-ring (bicyclic) bond motifs is 1. The van der Waals surface area contributed by atoms with E-state index in [9.17, 15) is 9.59 Å². The summed E-state index contributed by atoms with van der Waals surface area (Å²) in [6.45, 7) is 3.76. The maximum Gasteiger partial charge on any atom is 0.341 e. The molecule has 0 saturated heterocycles. The van der Waals surface area contributed by atoms with Crippen molar-refractivity contribution in [1.82, 2.24) is 0 Å². The molecule has 27 heavy (non-hydrogen) atoms. The highest BCUT2D eigenvalue weighted by molar-refractivity contribution is 9.10. The number of halogens is 1.